The Morgan fingerprint density at radius 2 is 1.33 bits per heavy atom. The van der Waals surface area contributed by atoms with Gasteiger partial charge in [0.2, 0.25) is 5.13 Å². The normalized spacial score (nSPS) is 11.5. The second-order valence-corrected chi connectivity index (χ2v) is 9.13. The monoisotopic (exact) mass is 477 g/mol. The summed E-state index contributed by atoms with van der Waals surface area (Å²) in [7, 11) is 6.15. The summed E-state index contributed by atoms with van der Waals surface area (Å²) in [4.78, 5) is 8.56. The van der Waals surface area contributed by atoms with Crippen molar-refractivity contribution in [2.75, 3.05) is 37.0 Å². The van der Waals surface area contributed by atoms with Crippen molar-refractivity contribution in [1.29, 1.82) is 0 Å². The first-order chi connectivity index (χ1) is 16.1. The molecular weight excluding hydrogens is 452 g/mol. The van der Waals surface area contributed by atoms with Crippen LogP contribution in [-0.2, 0) is 7.05 Å². The van der Waals surface area contributed by atoms with Gasteiger partial charge >= 0.3 is 5.13 Å². The maximum Gasteiger partial charge on any atom is 0.408 e. The zero-order chi connectivity index (χ0) is 23.0. The number of rotatable bonds is 9. The fourth-order valence-electron chi connectivity index (χ4n) is 3.00. The van der Waals surface area contributed by atoms with Crippen LogP contribution in [0.5, 0.6) is 0 Å². The molecule has 0 radical (unpaired) electrons. The Bertz CT molecular complexity index is 1200. The molecule has 33 heavy (non-hydrogen) atoms. The number of hydrogen-bond donors (Lipinski definition) is 0. The van der Waals surface area contributed by atoms with Crippen LogP contribution in [0.3, 0.4) is 0 Å². The quantitative estimate of drug-likeness (QED) is 0.206. The molecule has 2 aromatic heterocycles. The largest absolute Gasteiger partial charge is 0.408 e. The van der Waals surface area contributed by atoms with Crippen molar-refractivity contribution in [2.24, 2.45) is 27.5 Å². The summed E-state index contributed by atoms with van der Waals surface area (Å²) in [5.41, 5.74) is 3.92. The molecule has 2 aromatic carbocycles. The second kappa shape index (κ2) is 10.9. The minimum atomic E-state index is 0.659. The molecule has 0 unspecified atom stereocenters. The van der Waals surface area contributed by atoms with Crippen molar-refractivity contribution in [3.63, 3.8) is 0 Å². The number of thiazole rings is 2. The standard InChI is InChI=1S/C23H25N8S2/c1-29(20-8-4-18(5-9-20)25-27-22-24-12-16-32-22)13-14-30(2)21-10-6-19(7-11-21)26-28-23-31(3)15-17-33-23/h4-12,15-17H,13-14H2,1-3H3/q+1/b27-25+. The van der Waals surface area contributed by atoms with Gasteiger partial charge in [-0.15, -0.1) is 21.6 Å². The third-order valence-electron chi connectivity index (χ3n) is 5.03. The number of azo groups is 2. The van der Waals surface area contributed by atoms with Gasteiger partial charge in [0.25, 0.3) is 0 Å². The van der Waals surface area contributed by atoms with E-state index in [2.05, 4.69) is 73.6 Å². The molecule has 0 saturated carbocycles. The number of likely N-dealkylation sites (N-methyl/N-ethyl adjacent to an activating group) is 2. The first-order valence-electron chi connectivity index (χ1n) is 10.4. The van der Waals surface area contributed by atoms with Crippen LogP contribution >= 0.6 is 22.7 Å². The van der Waals surface area contributed by atoms with Gasteiger partial charge in [-0.05, 0) is 65.0 Å². The number of aryl methyl sites for hydroxylation is 1. The molecule has 0 atom stereocenters. The predicted molar refractivity (Wildman–Crippen MR) is 135 cm³/mol. The van der Waals surface area contributed by atoms with Crippen LogP contribution in [0.25, 0.3) is 0 Å². The topological polar surface area (TPSA) is 72.7 Å². The first-order valence-corrected chi connectivity index (χ1v) is 12.1. The van der Waals surface area contributed by atoms with E-state index in [-0.39, 0.29) is 0 Å². The van der Waals surface area contributed by atoms with E-state index < -0.39 is 0 Å². The number of anilines is 2. The maximum atomic E-state index is 4.33. The van der Waals surface area contributed by atoms with Gasteiger partial charge in [-0.2, -0.15) is 0 Å². The molecule has 168 valence electrons. The van der Waals surface area contributed by atoms with Crippen LogP contribution in [0.15, 0.2) is 92.1 Å². The Balaban J connectivity index is 1.28. The van der Waals surface area contributed by atoms with Crippen LogP contribution in [0.2, 0.25) is 0 Å². The molecule has 0 aliphatic rings. The molecule has 0 aliphatic heterocycles. The molecule has 4 rings (SSSR count). The average Bonchev–Trinajstić information content (AvgIpc) is 3.52. The summed E-state index contributed by atoms with van der Waals surface area (Å²) < 4.78 is 1.95. The minimum absolute atomic E-state index is 0.659. The number of nitrogens with zero attached hydrogens (tertiary/aromatic N) is 8. The van der Waals surface area contributed by atoms with Gasteiger partial charge < -0.3 is 9.80 Å². The Morgan fingerprint density at radius 1 is 0.758 bits per heavy atom. The van der Waals surface area contributed by atoms with Gasteiger partial charge in [0.1, 0.15) is 11.9 Å². The molecule has 10 heteroatoms. The van der Waals surface area contributed by atoms with E-state index in [0.717, 1.165) is 41.0 Å². The van der Waals surface area contributed by atoms with E-state index in [1.807, 2.05) is 52.8 Å². The summed E-state index contributed by atoms with van der Waals surface area (Å²) in [6.45, 7) is 1.76. The maximum absolute atomic E-state index is 4.33. The fraction of sp³-hybridized carbons (Fsp3) is 0.217. The minimum Gasteiger partial charge on any atom is -0.373 e. The SMILES string of the molecule is CN(CCN(C)c1ccc(/N=N/c2scc[n+]2C)cc1)c1ccc(/N=N/c2nccs2)cc1. The molecule has 0 spiro atoms. The lowest BCUT2D eigenvalue weighted by atomic mass is 10.2. The van der Waals surface area contributed by atoms with Gasteiger partial charge in [0.15, 0.2) is 0 Å². The molecule has 8 nitrogen and oxygen atoms in total. The van der Waals surface area contributed by atoms with Crippen LogP contribution in [-0.4, -0.2) is 32.2 Å². The molecular formula is C23H25N8S2+. The van der Waals surface area contributed by atoms with E-state index in [1.54, 1.807) is 17.5 Å². The molecule has 0 fully saturated rings. The van der Waals surface area contributed by atoms with Crippen molar-refractivity contribution in [3.05, 3.63) is 71.7 Å². The summed E-state index contributed by atoms with van der Waals surface area (Å²) >= 11 is 3.03. The summed E-state index contributed by atoms with van der Waals surface area (Å²) in [6, 6.07) is 16.2. The van der Waals surface area contributed by atoms with Crippen molar-refractivity contribution in [3.8, 4) is 0 Å². The van der Waals surface area contributed by atoms with E-state index in [1.165, 1.54) is 11.3 Å². The Labute approximate surface area is 201 Å². The van der Waals surface area contributed by atoms with Crippen molar-refractivity contribution in [2.45, 2.75) is 0 Å². The van der Waals surface area contributed by atoms with E-state index in [4.69, 9.17) is 0 Å². The fourth-order valence-corrected chi connectivity index (χ4v) is 4.13. The highest BCUT2D eigenvalue weighted by Gasteiger charge is 2.08. The highest BCUT2D eigenvalue weighted by Crippen LogP contribution is 2.24. The molecule has 2 heterocycles. The third-order valence-corrected chi connectivity index (χ3v) is 6.53. The number of hydrogen-bond acceptors (Lipinski definition) is 9. The molecule has 4 aromatic rings. The molecule has 0 N–H and O–H groups in total. The highest BCUT2D eigenvalue weighted by atomic mass is 32.1. The third kappa shape index (κ3) is 6.27. The van der Waals surface area contributed by atoms with Gasteiger partial charge in [-0.3, -0.25) is 0 Å². The van der Waals surface area contributed by atoms with Crippen LogP contribution in [0.4, 0.5) is 33.0 Å². The smallest absolute Gasteiger partial charge is 0.373 e. The van der Waals surface area contributed by atoms with E-state index in [9.17, 15) is 0 Å². The van der Waals surface area contributed by atoms with Gasteiger partial charge in [-0.1, -0.05) is 0 Å². The summed E-state index contributed by atoms with van der Waals surface area (Å²) in [5.74, 6) is 0. The zero-order valence-electron chi connectivity index (χ0n) is 18.7. The van der Waals surface area contributed by atoms with E-state index >= 15 is 0 Å². The Hall–Kier alpha value is -3.50. The van der Waals surface area contributed by atoms with Crippen LogP contribution < -0.4 is 14.4 Å². The lowest BCUT2D eigenvalue weighted by Gasteiger charge is -2.25. The lowest BCUT2D eigenvalue weighted by molar-refractivity contribution is -0.654. The molecule has 0 aliphatic carbocycles. The number of benzene rings is 2. The number of aromatic nitrogens is 2. The van der Waals surface area contributed by atoms with Gasteiger partial charge in [0, 0.05) is 55.5 Å². The molecule has 0 saturated heterocycles. The van der Waals surface area contributed by atoms with Crippen LogP contribution in [0.1, 0.15) is 0 Å². The predicted octanol–water partition coefficient (Wildman–Crippen LogP) is 6.43. The van der Waals surface area contributed by atoms with Crippen molar-refractivity contribution >= 4 is 55.7 Å². The summed E-state index contributed by atoms with van der Waals surface area (Å²) in [6.07, 6.45) is 3.69. The Morgan fingerprint density at radius 3 is 1.82 bits per heavy atom. The molecule has 0 bridgehead atoms. The highest BCUT2D eigenvalue weighted by molar-refractivity contribution is 7.13. The Kier molecular flexibility index (Phi) is 7.48. The van der Waals surface area contributed by atoms with Gasteiger partial charge in [-0.25, -0.2) is 9.55 Å². The second-order valence-electron chi connectivity index (χ2n) is 7.39. The van der Waals surface area contributed by atoms with Gasteiger partial charge in [0.05, 0.1) is 17.8 Å². The van der Waals surface area contributed by atoms with Crippen molar-refractivity contribution < 1.29 is 4.57 Å². The zero-order valence-corrected chi connectivity index (χ0v) is 20.4. The molecule has 0 amide bonds. The average molecular weight is 478 g/mol. The van der Waals surface area contributed by atoms with Crippen LogP contribution in [0, 0.1) is 0 Å². The first kappa shape index (κ1) is 22.7. The van der Waals surface area contributed by atoms with E-state index in [0.29, 0.717) is 5.13 Å². The summed E-state index contributed by atoms with van der Waals surface area (Å²) in [5, 5.41) is 22.4. The van der Waals surface area contributed by atoms with Crippen molar-refractivity contribution in [1.82, 2.24) is 4.98 Å². The lowest BCUT2D eigenvalue weighted by Crippen LogP contribution is -2.30.